The monoisotopic (exact) mass is 253 g/mol. The van der Waals surface area contributed by atoms with E-state index in [2.05, 4.69) is 10.3 Å². The SMILES string of the molecule is Nc1cccnc1Nc1ccc2c(c1)C(=O)CCC2. The van der Waals surface area contributed by atoms with Crippen molar-refractivity contribution in [2.75, 3.05) is 11.1 Å². The second-order valence-electron chi connectivity index (χ2n) is 4.71. The minimum Gasteiger partial charge on any atom is -0.396 e. The normalized spacial score (nSPS) is 14.0. The molecule has 1 aromatic heterocycles. The van der Waals surface area contributed by atoms with E-state index in [-0.39, 0.29) is 5.78 Å². The van der Waals surface area contributed by atoms with Crippen LogP contribution in [0.25, 0.3) is 0 Å². The number of nitrogens with one attached hydrogen (secondary N) is 1. The molecule has 2 aromatic rings. The molecule has 4 nitrogen and oxygen atoms in total. The van der Waals surface area contributed by atoms with Crippen molar-refractivity contribution < 1.29 is 4.79 Å². The van der Waals surface area contributed by atoms with Gasteiger partial charge in [-0.25, -0.2) is 4.98 Å². The zero-order valence-corrected chi connectivity index (χ0v) is 10.5. The Morgan fingerprint density at radius 2 is 2.11 bits per heavy atom. The van der Waals surface area contributed by atoms with Gasteiger partial charge in [-0.2, -0.15) is 0 Å². The Morgan fingerprint density at radius 1 is 1.21 bits per heavy atom. The molecule has 0 fully saturated rings. The summed E-state index contributed by atoms with van der Waals surface area (Å²) in [4.78, 5) is 16.1. The highest BCUT2D eigenvalue weighted by Gasteiger charge is 2.17. The van der Waals surface area contributed by atoms with Gasteiger partial charge in [0.25, 0.3) is 0 Å². The summed E-state index contributed by atoms with van der Waals surface area (Å²) in [6.45, 7) is 0. The number of nitrogens with zero attached hydrogens (tertiary/aromatic N) is 1. The van der Waals surface area contributed by atoms with E-state index in [9.17, 15) is 4.79 Å². The first-order chi connectivity index (χ1) is 9.24. The summed E-state index contributed by atoms with van der Waals surface area (Å²) in [5.41, 5.74) is 9.24. The third kappa shape index (κ3) is 2.29. The first kappa shape index (κ1) is 11.7. The lowest BCUT2D eigenvalue weighted by atomic mass is 9.90. The molecule has 0 spiro atoms. The van der Waals surface area contributed by atoms with Crippen LogP contribution in [0.4, 0.5) is 17.2 Å². The molecule has 1 heterocycles. The van der Waals surface area contributed by atoms with Crippen molar-refractivity contribution in [1.82, 2.24) is 4.98 Å². The number of nitrogens with two attached hydrogens (primary N) is 1. The van der Waals surface area contributed by atoms with Crippen LogP contribution >= 0.6 is 0 Å². The summed E-state index contributed by atoms with van der Waals surface area (Å²) in [5, 5.41) is 3.15. The smallest absolute Gasteiger partial charge is 0.163 e. The number of Topliss-reactive ketones (excluding diaryl/α,β-unsaturated/α-hetero) is 1. The maximum Gasteiger partial charge on any atom is 0.163 e. The standard InChI is InChI=1S/C15H15N3O/c16-13-4-2-8-17-15(13)18-11-7-6-10-3-1-5-14(19)12(10)9-11/h2,4,6-9H,1,3,5,16H2,(H,17,18). The topological polar surface area (TPSA) is 68.0 Å². The Bertz CT molecular complexity index is 637. The molecular formula is C15H15N3O. The Hall–Kier alpha value is -2.36. The molecule has 1 aliphatic carbocycles. The largest absolute Gasteiger partial charge is 0.396 e. The van der Waals surface area contributed by atoms with Gasteiger partial charge in [0.15, 0.2) is 11.6 Å². The van der Waals surface area contributed by atoms with Crippen molar-refractivity contribution in [2.24, 2.45) is 0 Å². The molecule has 4 heteroatoms. The molecular weight excluding hydrogens is 238 g/mol. The molecule has 0 radical (unpaired) electrons. The number of pyridine rings is 1. The summed E-state index contributed by atoms with van der Waals surface area (Å²) in [6.07, 6.45) is 4.25. The summed E-state index contributed by atoms with van der Waals surface area (Å²) in [6, 6.07) is 9.44. The number of fused-ring (bicyclic) bond motifs is 1. The molecule has 19 heavy (non-hydrogen) atoms. The zero-order valence-electron chi connectivity index (χ0n) is 10.5. The van der Waals surface area contributed by atoms with E-state index < -0.39 is 0 Å². The zero-order chi connectivity index (χ0) is 13.2. The number of carbonyl (C=O) groups is 1. The van der Waals surface area contributed by atoms with Crippen LogP contribution in [0, 0.1) is 0 Å². The van der Waals surface area contributed by atoms with E-state index in [0.717, 1.165) is 29.7 Å². The fourth-order valence-corrected chi connectivity index (χ4v) is 2.36. The minimum absolute atomic E-state index is 0.221. The molecule has 0 unspecified atom stereocenters. The van der Waals surface area contributed by atoms with Crippen molar-refractivity contribution in [3.63, 3.8) is 0 Å². The number of aromatic nitrogens is 1. The van der Waals surface area contributed by atoms with Gasteiger partial charge in [-0.3, -0.25) is 4.79 Å². The van der Waals surface area contributed by atoms with Crippen LogP contribution in [0.1, 0.15) is 28.8 Å². The van der Waals surface area contributed by atoms with Gasteiger partial charge in [0.05, 0.1) is 5.69 Å². The van der Waals surface area contributed by atoms with Gasteiger partial charge in [0.1, 0.15) is 0 Å². The quantitative estimate of drug-likeness (QED) is 0.863. The number of aryl methyl sites for hydroxylation is 1. The summed E-state index contributed by atoms with van der Waals surface area (Å²) in [7, 11) is 0. The third-order valence-electron chi connectivity index (χ3n) is 3.36. The first-order valence-electron chi connectivity index (χ1n) is 6.38. The fourth-order valence-electron chi connectivity index (χ4n) is 2.36. The molecule has 96 valence electrons. The van der Waals surface area contributed by atoms with Crippen LogP contribution in [0.3, 0.4) is 0 Å². The molecule has 3 N–H and O–H groups in total. The number of rotatable bonds is 2. The fraction of sp³-hybridized carbons (Fsp3) is 0.200. The van der Waals surface area contributed by atoms with Crippen molar-refractivity contribution in [3.05, 3.63) is 47.7 Å². The molecule has 0 bridgehead atoms. The molecule has 3 rings (SSSR count). The number of anilines is 3. The van der Waals surface area contributed by atoms with Crippen LogP contribution in [0.2, 0.25) is 0 Å². The molecule has 0 aliphatic heterocycles. The number of carbonyl (C=O) groups excluding carboxylic acids is 1. The Morgan fingerprint density at radius 3 is 2.95 bits per heavy atom. The van der Waals surface area contributed by atoms with Crippen LogP contribution in [-0.2, 0) is 6.42 Å². The highest BCUT2D eigenvalue weighted by molar-refractivity contribution is 5.99. The average molecular weight is 253 g/mol. The number of ketones is 1. The predicted octanol–water partition coefficient (Wildman–Crippen LogP) is 2.93. The summed E-state index contributed by atoms with van der Waals surface area (Å²) < 4.78 is 0. The van der Waals surface area contributed by atoms with Crippen LogP contribution in [0.15, 0.2) is 36.5 Å². The van der Waals surface area contributed by atoms with Crippen molar-refractivity contribution in [2.45, 2.75) is 19.3 Å². The highest BCUT2D eigenvalue weighted by atomic mass is 16.1. The second kappa shape index (κ2) is 4.72. The van der Waals surface area contributed by atoms with Crippen LogP contribution in [-0.4, -0.2) is 10.8 Å². The van der Waals surface area contributed by atoms with Gasteiger partial charge >= 0.3 is 0 Å². The molecule has 1 aromatic carbocycles. The van der Waals surface area contributed by atoms with Gasteiger partial charge in [0, 0.05) is 23.9 Å². The summed E-state index contributed by atoms with van der Waals surface area (Å²) >= 11 is 0. The second-order valence-corrected chi connectivity index (χ2v) is 4.71. The maximum atomic E-state index is 11.9. The number of benzene rings is 1. The number of hydrogen-bond acceptors (Lipinski definition) is 4. The van der Waals surface area contributed by atoms with Gasteiger partial charge in [-0.1, -0.05) is 6.07 Å². The Kier molecular flexibility index (Phi) is 2.91. The summed E-state index contributed by atoms with van der Waals surface area (Å²) in [5.74, 6) is 0.838. The molecule has 0 saturated heterocycles. The van der Waals surface area contributed by atoms with Crippen LogP contribution in [0.5, 0.6) is 0 Å². The molecule has 0 atom stereocenters. The Labute approximate surface area is 111 Å². The van der Waals surface area contributed by atoms with E-state index in [1.165, 1.54) is 0 Å². The highest BCUT2D eigenvalue weighted by Crippen LogP contribution is 2.26. The predicted molar refractivity (Wildman–Crippen MR) is 75.6 cm³/mol. The lowest BCUT2D eigenvalue weighted by Crippen LogP contribution is -2.11. The lowest BCUT2D eigenvalue weighted by molar-refractivity contribution is 0.0972. The average Bonchev–Trinajstić information content (AvgIpc) is 2.42. The number of nitrogen functional groups attached to an aromatic ring is 1. The van der Waals surface area contributed by atoms with Crippen molar-refractivity contribution in [3.8, 4) is 0 Å². The maximum absolute atomic E-state index is 11.9. The van der Waals surface area contributed by atoms with E-state index in [4.69, 9.17) is 5.73 Å². The first-order valence-corrected chi connectivity index (χ1v) is 6.38. The van der Waals surface area contributed by atoms with Gasteiger partial charge in [-0.15, -0.1) is 0 Å². The van der Waals surface area contributed by atoms with Crippen LogP contribution < -0.4 is 11.1 Å². The third-order valence-corrected chi connectivity index (χ3v) is 3.36. The van der Waals surface area contributed by atoms with Gasteiger partial charge < -0.3 is 11.1 Å². The van der Waals surface area contributed by atoms with Crippen molar-refractivity contribution in [1.29, 1.82) is 0 Å². The lowest BCUT2D eigenvalue weighted by Gasteiger charge is -2.16. The van der Waals surface area contributed by atoms with E-state index in [1.807, 2.05) is 18.2 Å². The minimum atomic E-state index is 0.221. The number of hydrogen-bond donors (Lipinski definition) is 2. The van der Waals surface area contributed by atoms with E-state index >= 15 is 0 Å². The molecule has 0 saturated carbocycles. The Balaban J connectivity index is 1.93. The van der Waals surface area contributed by atoms with Crippen molar-refractivity contribution >= 4 is 23.0 Å². The molecule has 0 amide bonds. The van der Waals surface area contributed by atoms with E-state index in [1.54, 1.807) is 18.3 Å². The van der Waals surface area contributed by atoms with Gasteiger partial charge in [0.2, 0.25) is 0 Å². The van der Waals surface area contributed by atoms with Gasteiger partial charge in [-0.05, 0) is 42.7 Å². The van der Waals surface area contributed by atoms with E-state index in [0.29, 0.717) is 17.9 Å². The molecule has 1 aliphatic rings.